The molecule has 0 aliphatic carbocycles. The van der Waals surface area contributed by atoms with E-state index in [-0.39, 0.29) is 33.0 Å². The summed E-state index contributed by atoms with van der Waals surface area (Å²) in [6.07, 6.45) is 39.2. The van der Waals surface area contributed by atoms with Crippen molar-refractivity contribution in [3.05, 3.63) is 316 Å². The normalized spacial score (nSPS) is 11.1. The van der Waals surface area contributed by atoms with Gasteiger partial charge in [-0.2, -0.15) is 0 Å². The molecule has 127 heavy (non-hydrogen) atoms. The van der Waals surface area contributed by atoms with Crippen LogP contribution in [0.5, 0.6) is 74.7 Å². The van der Waals surface area contributed by atoms with Crippen LogP contribution in [0.2, 0.25) is 0 Å². The average molecular weight is 1720 g/mol. The van der Waals surface area contributed by atoms with Crippen molar-refractivity contribution in [1.29, 1.82) is 0 Å². The molecule has 11 aromatic carbocycles. The molecule has 0 saturated heterocycles. The Morgan fingerprint density at radius 2 is 0.315 bits per heavy atom. The van der Waals surface area contributed by atoms with Crippen LogP contribution in [0.15, 0.2) is 255 Å². The molecule has 14 heteroatoms. The van der Waals surface area contributed by atoms with Gasteiger partial charge in [0.25, 0.3) is 0 Å². The van der Waals surface area contributed by atoms with E-state index in [0.717, 1.165) is 152 Å². The van der Waals surface area contributed by atoms with Crippen LogP contribution in [0.1, 0.15) is 275 Å². The molecule has 0 heterocycles. The van der Waals surface area contributed by atoms with Gasteiger partial charge in [0.2, 0.25) is 5.75 Å². The highest BCUT2D eigenvalue weighted by molar-refractivity contribution is 5.55. The monoisotopic (exact) mass is 1720 g/mol. The first-order valence-electron chi connectivity index (χ1n) is 47.6. The molecule has 0 amide bonds. The van der Waals surface area contributed by atoms with E-state index < -0.39 is 0 Å². The second kappa shape index (κ2) is 58.2. The van der Waals surface area contributed by atoms with Crippen molar-refractivity contribution in [3.8, 4) is 74.7 Å². The van der Waals surface area contributed by atoms with Gasteiger partial charge in [-0.1, -0.05) is 315 Å². The summed E-state index contributed by atoms with van der Waals surface area (Å²) in [6, 6.07) is 83.8. The number of unbranched alkanes of at least 4 members (excludes halogenated alkanes) is 27. The van der Waals surface area contributed by atoms with Gasteiger partial charge in [-0.15, -0.1) is 0 Å². The Labute approximate surface area is 758 Å². The maximum Gasteiger partial charge on any atom is 0.203 e. The van der Waals surface area contributed by atoms with Gasteiger partial charge in [-0.3, -0.25) is 0 Å². The molecule has 0 unspecified atom stereocenters. The fraction of sp³-hybridized carbons (Fsp3) is 0.416. The summed E-state index contributed by atoms with van der Waals surface area (Å²) >= 11 is 0. The maximum atomic E-state index is 9.80. The first kappa shape index (κ1) is 96.4. The summed E-state index contributed by atoms with van der Waals surface area (Å²) in [5.74, 6) is 9.23. The molecule has 11 rings (SSSR count). The molecule has 676 valence electrons. The highest BCUT2D eigenvalue weighted by atomic mass is 16.5. The predicted molar refractivity (Wildman–Crippen MR) is 512 cm³/mol. The van der Waals surface area contributed by atoms with Gasteiger partial charge < -0.3 is 66.7 Å². The number of hydrogen-bond acceptors (Lipinski definition) is 14. The van der Waals surface area contributed by atoms with Crippen LogP contribution < -0.4 is 61.6 Å². The molecule has 0 radical (unpaired) electrons. The quantitative estimate of drug-likeness (QED) is 0.0362. The molecule has 0 bridgehead atoms. The zero-order valence-corrected chi connectivity index (χ0v) is 76.1. The predicted octanol–water partition coefficient (Wildman–Crippen LogP) is 29.9. The van der Waals surface area contributed by atoms with E-state index in [0.29, 0.717) is 62.6 Å². The Balaban J connectivity index is 0.679. The van der Waals surface area contributed by atoms with Crippen molar-refractivity contribution in [3.63, 3.8) is 0 Å². The van der Waals surface area contributed by atoms with E-state index in [1.54, 1.807) is 0 Å². The lowest BCUT2D eigenvalue weighted by atomic mass is 10.1. The average Bonchev–Trinajstić information content (AvgIpc) is 0.811. The Morgan fingerprint density at radius 3 is 0.512 bits per heavy atom. The molecule has 0 atom stereocenters. The van der Waals surface area contributed by atoms with Gasteiger partial charge in [-0.25, -0.2) is 0 Å². The van der Waals surface area contributed by atoms with Crippen molar-refractivity contribution in [1.82, 2.24) is 0 Å². The van der Waals surface area contributed by atoms with E-state index in [1.165, 1.54) is 173 Å². The number of ether oxygens (including phenoxy) is 13. The van der Waals surface area contributed by atoms with Crippen LogP contribution in [0.4, 0.5) is 0 Å². The van der Waals surface area contributed by atoms with Gasteiger partial charge in [0, 0.05) is 0 Å². The number of rotatable bonds is 67. The molecule has 0 aliphatic heterocycles. The van der Waals surface area contributed by atoms with Crippen molar-refractivity contribution in [2.24, 2.45) is 0 Å². The minimum atomic E-state index is -0.0661. The largest absolute Gasteiger partial charge is 0.494 e. The topological polar surface area (TPSA) is 140 Å². The van der Waals surface area contributed by atoms with Crippen molar-refractivity contribution < 1.29 is 66.7 Å². The van der Waals surface area contributed by atoms with Crippen molar-refractivity contribution in [2.45, 2.75) is 286 Å². The van der Waals surface area contributed by atoms with Crippen LogP contribution in [-0.2, 0) is 72.7 Å². The zero-order chi connectivity index (χ0) is 87.9. The summed E-state index contributed by atoms with van der Waals surface area (Å²) in [7, 11) is 0. The number of benzene rings is 11. The molecular weight excluding hydrogens is 1580 g/mol. The van der Waals surface area contributed by atoms with Crippen LogP contribution in [-0.4, -0.2) is 24.9 Å². The second-order valence-corrected chi connectivity index (χ2v) is 33.5. The standard InChI is InChI=1S/C113H140O14/c1-4-7-10-13-16-19-22-25-28-31-74-115-101-56-36-91(37-57-101)80-118-105-62-42-94(43-63-105)83-121-108-68-48-97(49-69-108)86-125-111-77-100(89-124-104-54-34-90(79-114)35-55-104)78-112(126-87-98-50-70-109(71-51-98)122-84-95-44-64-106(65-45-95)119-81-92-38-58-102(59-39-92)116-75-32-29-26-23-20-17-14-11-8-5-2)113(111)127-88-99-52-72-110(73-53-99)123-85-96-46-66-107(67-47-96)120-82-93-40-60-103(61-41-93)117-76-33-30-27-24-21-18-15-12-9-6-3/h34-73,77-78,114H,4-33,74-76,79-89H2,1-3H3. The van der Waals surface area contributed by atoms with Gasteiger partial charge in [-0.05, 0) is 214 Å². The van der Waals surface area contributed by atoms with E-state index in [2.05, 4.69) is 57.2 Å². The van der Waals surface area contributed by atoms with Gasteiger partial charge in [0.15, 0.2) is 11.5 Å². The summed E-state index contributed by atoms with van der Waals surface area (Å²) in [5, 5.41) is 9.80. The molecular formula is C113H140O14. The molecule has 14 nitrogen and oxygen atoms in total. The van der Waals surface area contributed by atoms with Crippen molar-refractivity contribution in [2.75, 3.05) is 19.8 Å². The molecule has 1 N–H and O–H groups in total. The highest BCUT2D eigenvalue weighted by Gasteiger charge is 2.19. The lowest BCUT2D eigenvalue weighted by Crippen LogP contribution is -2.06. The molecule has 11 aromatic rings. The zero-order valence-electron chi connectivity index (χ0n) is 76.1. The molecule has 0 aliphatic rings. The van der Waals surface area contributed by atoms with E-state index in [1.807, 2.05) is 218 Å². The number of hydrogen-bond donors (Lipinski definition) is 1. The Bertz CT molecular complexity index is 4500. The fourth-order valence-corrected chi connectivity index (χ4v) is 14.9. The first-order chi connectivity index (χ1) is 62.8. The maximum absolute atomic E-state index is 9.80. The molecule has 0 spiro atoms. The smallest absolute Gasteiger partial charge is 0.203 e. The number of aliphatic hydroxyl groups is 1. The fourth-order valence-electron chi connectivity index (χ4n) is 14.9. The lowest BCUT2D eigenvalue weighted by Gasteiger charge is -2.19. The summed E-state index contributed by atoms with van der Waals surface area (Å²) in [4.78, 5) is 0. The molecule has 0 saturated carbocycles. The van der Waals surface area contributed by atoms with Crippen molar-refractivity contribution >= 4 is 0 Å². The SMILES string of the molecule is CCCCCCCCCCCCOc1ccc(COc2ccc(COc3ccc(COc4cc(COc5ccc(CO)cc5)cc(OCc5ccc(OCc6ccc(OCc7ccc(OCCCCCCCCCCCC)cc7)cc6)cc5)c4OCc4ccc(OCc5ccc(OCc6ccc(OCCCCCCCCCCCC)cc6)cc5)cc4)cc3)cc2)cc1. The Hall–Kier alpha value is -11.2. The van der Waals surface area contributed by atoms with E-state index >= 15 is 0 Å². The third-order valence-corrected chi connectivity index (χ3v) is 22.8. The first-order valence-corrected chi connectivity index (χ1v) is 47.6. The highest BCUT2D eigenvalue weighted by Crippen LogP contribution is 2.42. The summed E-state index contributed by atoms with van der Waals surface area (Å²) < 4.78 is 82.5. The van der Waals surface area contributed by atoms with Crippen LogP contribution >= 0.6 is 0 Å². The van der Waals surface area contributed by atoms with Gasteiger partial charge in [0.05, 0.1) is 26.4 Å². The van der Waals surface area contributed by atoms with E-state index in [9.17, 15) is 5.11 Å². The lowest BCUT2D eigenvalue weighted by molar-refractivity contribution is 0.227. The van der Waals surface area contributed by atoms with Crippen LogP contribution in [0, 0.1) is 0 Å². The Morgan fingerprint density at radius 1 is 0.157 bits per heavy atom. The molecule has 0 fully saturated rings. The summed E-state index contributed by atoms with van der Waals surface area (Å²) in [5.41, 5.74) is 10.6. The van der Waals surface area contributed by atoms with Crippen LogP contribution in [0.3, 0.4) is 0 Å². The minimum absolute atomic E-state index is 0.0661. The van der Waals surface area contributed by atoms with E-state index in [4.69, 9.17) is 61.6 Å². The third-order valence-electron chi connectivity index (χ3n) is 22.8. The van der Waals surface area contributed by atoms with Gasteiger partial charge >= 0.3 is 0 Å². The number of aliphatic hydroxyl groups excluding tert-OH is 1. The van der Waals surface area contributed by atoms with Crippen LogP contribution in [0.25, 0.3) is 0 Å². The molecule has 0 aromatic heterocycles. The third kappa shape index (κ3) is 38.1. The minimum Gasteiger partial charge on any atom is -0.494 e. The van der Waals surface area contributed by atoms with Gasteiger partial charge in [0.1, 0.15) is 124 Å². The second-order valence-electron chi connectivity index (χ2n) is 33.5. The summed E-state index contributed by atoms with van der Waals surface area (Å²) in [6.45, 7) is 12.3. The Kier molecular flexibility index (Phi) is 44.2.